The van der Waals surface area contributed by atoms with Crippen molar-refractivity contribution in [2.24, 2.45) is 5.92 Å². The number of benzene rings is 1. The van der Waals surface area contributed by atoms with Crippen molar-refractivity contribution >= 4 is 17.4 Å². The quantitative estimate of drug-likeness (QED) is 0.947. The lowest BCUT2D eigenvalue weighted by molar-refractivity contribution is -0.120. The second-order valence-corrected chi connectivity index (χ2v) is 6.10. The highest BCUT2D eigenvalue weighted by Crippen LogP contribution is 2.23. The summed E-state index contributed by atoms with van der Waals surface area (Å²) in [5, 5.41) is 11.4. The van der Waals surface area contributed by atoms with Crippen molar-refractivity contribution < 1.29 is 4.79 Å². The Bertz CT molecular complexity index is 676. The van der Waals surface area contributed by atoms with E-state index < -0.39 is 0 Å². The Morgan fingerprint density at radius 1 is 1.09 bits per heavy atom. The normalized spacial score (nSPS) is 15.5. The van der Waals surface area contributed by atoms with Crippen LogP contribution in [0.5, 0.6) is 0 Å². The van der Waals surface area contributed by atoms with Crippen LogP contribution in [0.4, 0.5) is 11.5 Å². The van der Waals surface area contributed by atoms with Gasteiger partial charge < -0.3 is 10.2 Å². The summed E-state index contributed by atoms with van der Waals surface area (Å²) in [5.74, 6) is 1.08. The molecule has 1 aromatic carbocycles. The fourth-order valence-corrected chi connectivity index (χ4v) is 2.88. The molecule has 0 unspecified atom stereocenters. The predicted octanol–water partition coefficient (Wildman–Crippen LogP) is 2.95. The molecule has 23 heavy (non-hydrogen) atoms. The van der Waals surface area contributed by atoms with E-state index in [1.54, 1.807) is 0 Å². The third-order valence-electron chi connectivity index (χ3n) is 4.38. The number of amides is 1. The fourth-order valence-electron chi connectivity index (χ4n) is 2.88. The lowest BCUT2D eigenvalue weighted by atomic mass is 9.95. The molecule has 1 aliphatic heterocycles. The molecule has 1 saturated heterocycles. The summed E-state index contributed by atoms with van der Waals surface area (Å²) in [7, 11) is 0. The average Bonchev–Trinajstić information content (AvgIpc) is 2.58. The molecule has 0 radical (unpaired) electrons. The van der Waals surface area contributed by atoms with Gasteiger partial charge in [0.15, 0.2) is 5.82 Å². The molecule has 0 saturated carbocycles. The molecule has 1 aliphatic rings. The number of hydrogen-bond donors (Lipinski definition) is 1. The minimum Gasteiger partial charge on any atom is -0.355 e. The van der Waals surface area contributed by atoms with E-state index in [1.807, 2.05) is 50.2 Å². The Morgan fingerprint density at radius 3 is 2.48 bits per heavy atom. The maximum absolute atomic E-state index is 12.4. The number of nitrogens with one attached hydrogen (secondary N) is 1. The molecular weight excluding hydrogens is 288 g/mol. The van der Waals surface area contributed by atoms with Crippen LogP contribution in [-0.2, 0) is 4.79 Å². The molecule has 1 fully saturated rings. The molecule has 0 spiro atoms. The Balaban J connectivity index is 1.57. The third-order valence-corrected chi connectivity index (χ3v) is 4.38. The van der Waals surface area contributed by atoms with E-state index in [0.29, 0.717) is 0 Å². The molecule has 1 N–H and O–H groups in total. The van der Waals surface area contributed by atoms with Crippen molar-refractivity contribution in [2.75, 3.05) is 23.3 Å². The molecule has 0 atom stereocenters. The van der Waals surface area contributed by atoms with Gasteiger partial charge in [0.05, 0.1) is 5.69 Å². The Kier molecular flexibility index (Phi) is 4.55. The Hall–Kier alpha value is -2.43. The van der Waals surface area contributed by atoms with Crippen LogP contribution in [0.3, 0.4) is 0 Å². The SMILES string of the molecule is Cc1ccc(N2CCC(C(=O)Nc3ccccc3C)CC2)nn1. The van der Waals surface area contributed by atoms with E-state index in [4.69, 9.17) is 0 Å². The van der Waals surface area contributed by atoms with E-state index in [9.17, 15) is 4.79 Å². The number of rotatable bonds is 3. The largest absolute Gasteiger partial charge is 0.355 e. The van der Waals surface area contributed by atoms with Crippen molar-refractivity contribution in [3.05, 3.63) is 47.7 Å². The number of anilines is 2. The fraction of sp³-hybridized carbons (Fsp3) is 0.389. The minimum atomic E-state index is 0.0595. The number of piperidine rings is 1. The number of carbonyl (C=O) groups is 1. The van der Waals surface area contributed by atoms with Gasteiger partial charge in [0.2, 0.25) is 5.91 Å². The first-order valence-corrected chi connectivity index (χ1v) is 8.05. The van der Waals surface area contributed by atoms with Gasteiger partial charge in [0, 0.05) is 24.7 Å². The molecule has 1 amide bonds. The molecule has 5 nitrogen and oxygen atoms in total. The molecule has 2 heterocycles. The summed E-state index contributed by atoms with van der Waals surface area (Å²) in [6.07, 6.45) is 1.68. The van der Waals surface area contributed by atoms with Gasteiger partial charge in [-0.2, -0.15) is 5.10 Å². The molecule has 0 aliphatic carbocycles. The van der Waals surface area contributed by atoms with Crippen molar-refractivity contribution in [1.29, 1.82) is 0 Å². The Labute approximate surface area is 136 Å². The van der Waals surface area contributed by atoms with Crippen LogP contribution in [0.2, 0.25) is 0 Å². The van der Waals surface area contributed by atoms with E-state index >= 15 is 0 Å². The van der Waals surface area contributed by atoms with Crippen molar-refractivity contribution in [3.8, 4) is 0 Å². The molecule has 3 rings (SSSR count). The highest BCUT2D eigenvalue weighted by molar-refractivity contribution is 5.93. The van der Waals surface area contributed by atoms with Crippen LogP contribution in [0, 0.1) is 19.8 Å². The summed E-state index contributed by atoms with van der Waals surface area (Å²) in [5.41, 5.74) is 2.92. The van der Waals surface area contributed by atoms with E-state index in [2.05, 4.69) is 20.4 Å². The maximum Gasteiger partial charge on any atom is 0.227 e. The van der Waals surface area contributed by atoms with Crippen LogP contribution in [0.25, 0.3) is 0 Å². The van der Waals surface area contributed by atoms with Gasteiger partial charge in [-0.05, 0) is 50.5 Å². The molecule has 120 valence electrons. The van der Waals surface area contributed by atoms with Crippen LogP contribution in [0.1, 0.15) is 24.1 Å². The van der Waals surface area contributed by atoms with Crippen LogP contribution in [0.15, 0.2) is 36.4 Å². The zero-order chi connectivity index (χ0) is 16.2. The average molecular weight is 310 g/mol. The smallest absolute Gasteiger partial charge is 0.227 e. The van der Waals surface area contributed by atoms with E-state index in [0.717, 1.165) is 48.7 Å². The van der Waals surface area contributed by atoms with Gasteiger partial charge in [-0.3, -0.25) is 4.79 Å². The van der Waals surface area contributed by atoms with Gasteiger partial charge in [-0.15, -0.1) is 5.10 Å². The Morgan fingerprint density at radius 2 is 1.83 bits per heavy atom. The summed E-state index contributed by atoms with van der Waals surface area (Å²) in [6, 6.07) is 11.8. The summed E-state index contributed by atoms with van der Waals surface area (Å²) >= 11 is 0. The highest BCUT2D eigenvalue weighted by atomic mass is 16.1. The van der Waals surface area contributed by atoms with Crippen LogP contribution < -0.4 is 10.2 Å². The summed E-state index contributed by atoms with van der Waals surface area (Å²) < 4.78 is 0. The molecule has 5 heteroatoms. The zero-order valence-corrected chi connectivity index (χ0v) is 13.6. The van der Waals surface area contributed by atoms with Gasteiger partial charge in [-0.1, -0.05) is 18.2 Å². The van der Waals surface area contributed by atoms with Gasteiger partial charge in [0.25, 0.3) is 0 Å². The second kappa shape index (κ2) is 6.77. The van der Waals surface area contributed by atoms with Gasteiger partial charge in [-0.25, -0.2) is 0 Å². The lowest BCUT2D eigenvalue weighted by Gasteiger charge is -2.31. The topological polar surface area (TPSA) is 58.1 Å². The number of para-hydroxylation sites is 1. The number of aromatic nitrogens is 2. The van der Waals surface area contributed by atoms with E-state index in [1.165, 1.54) is 0 Å². The van der Waals surface area contributed by atoms with Crippen LogP contribution in [-0.4, -0.2) is 29.2 Å². The first-order valence-electron chi connectivity index (χ1n) is 8.05. The second-order valence-electron chi connectivity index (χ2n) is 6.10. The number of carbonyl (C=O) groups excluding carboxylic acids is 1. The standard InChI is InChI=1S/C18H22N4O/c1-13-5-3-4-6-16(13)19-18(23)15-9-11-22(12-10-15)17-8-7-14(2)20-21-17/h3-8,15H,9-12H2,1-2H3,(H,19,23). The van der Waals surface area contributed by atoms with Gasteiger partial charge in [0.1, 0.15) is 0 Å². The highest BCUT2D eigenvalue weighted by Gasteiger charge is 2.26. The molecule has 1 aromatic heterocycles. The maximum atomic E-state index is 12.4. The number of hydrogen-bond acceptors (Lipinski definition) is 4. The third kappa shape index (κ3) is 3.67. The molecule has 2 aromatic rings. The van der Waals surface area contributed by atoms with Crippen LogP contribution >= 0.6 is 0 Å². The first-order chi connectivity index (χ1) is 11.1. The number of aryl methyl sites for hydroxylation is 2. The summed E-state index contributed by atoms with van der Waals surface area (Å²) in [4.78, 5) is 14.6. The molecular formula is C18H22N4O. The summed E-state index contributed by atoms with van der Waals surface area (Å²) in [6.45, 7) is 5.61. The number of nitrogens with zero attached hydrogens (tertiary/aromatic N) is 3. The van der Waals surface area contributed by atoms with Gasteiger partial charge >= 0.3 is 0 Å². The minimum absolute atomic E-state index is 0.0595. The van der Waals surface area contributed by atoms with E-state index in [-0.39, 0.29) is 11.8 Å². The predicted molar refractivity (Wildman–Crippen MR) is 91.5 cm³/mol. The molecule has 0 bridgehead atoms. The first kappa shape index (κ1) is 15.5. The zero-order valence-electron chi connectivity index (χ0n) is 13.6. The van der Waals surface area contributed by atoms with Crippen molar-refractivity contribution in [2.45, 2.75) is 26.7 Å². The lowest BCUT2D eigenvalue weighted by Crippen LogP contribution is -2.38. The van der Waals surface area contributed by atoms with Crippen molar-refractivity contribution in [3.63, 3.8) is 0 Å². The van der Waals surface area contributed by atoms with Crippen molar-refractivity contribution in [1.82, 2.24) is 10.2 Å². The monoisotopic (exact) mass is 310 g/mol.